The van der Waals surface area contributed by atoms with Gasteiger partial charge in [-0.3, -0.25) is 0 Å². The summed E-state index contributed by atoms with van der Waals surface area (Å²) in [5.74, 6) is 1.01. The van der Waals surface area contributed by atoms with E-state index >= 15 is 0 Å². The summed E-state index contributed by atoms with van der Waals surface area (Å²) in [6, 6.07) is 8.60. The Balaban J connectivity index is 0.00000162. The lowest BCUT2D eigenvalue weighted by atomic mass is 10.1. The van der Waals surface area contributed by atoms with E-state index in [0.29, 0.717) is 24.0 Å². The van der Waals surface area contributed by atoms with Crippen molar-refractivity contribution in [1.82, 2.24) is 5.32 Å². The normalized spacial score (nSPS) is 22.6. The number of halogens is 2. The van der Waals surface area contributed by atoms with Crippen LogP contribution in [0.25, 0.3) is 0 Å². The molecule has 2 atom stereocenters. The number of hydrogen-bond donors (Lipinski definition) is 2. The minimum Gasteiger partial charge on any atom is -0.370 e. The molecule has 2 unspecified atom stereocenters. The van der Waals surface area contributed by atoms with Crippen LogP contribution in [0.3, 0.4) is 0 Å². The Morgan fingerprint density at radius 2 is 2.22 bits per heavy atom. The second kappa shape index (κ2) is 6.61. The molecule has 0 bridgehead atoms. The quantitative estimate of drug-likeness (QED) is 0.482. The van der Waals surface area contributed by atoms with Crippen LogP contribution in [-0.2, 0) is 0 Å². The zero-order chi connectivity index (χ0) is 12.4. The zero-order valence-electron chi connectivity index (χ0n) is 10.6. The highest BCUT2D eigenvalue weighted by Crippen LogP contribution is 2.43. The standard InChI is InChI=1S/C13H18ClN3.HI/c1-8(2)16-13(15)17-12-7-11(12)9-4-3-5-10(14)6-9;/h3-6,8,11-12H,7H2,1-2H3,(H3,15,16,17);1H. The fourth-order valence-electron chi connectivity index (χ4n) is 1.93. The number of hydrogen-bond acceptors (Lipinski definition) is 1. The van der Waals surface area contributed by atoms with E-state index in [1.54, 1.807) is 0 Å². The van der Waals surface area contributed by atoms with Crippen LogP contribution in [0, 0.1) is 0 Å². The highest BCUT2D eigenvalue weighted by molar-refractivity contribution is 14.0. The van der Waals surface area contributed by atoms with Crippen LogP contribution < -0.4 is 11.1 Å². The topological polar surface area (TPSA) is 50.4 Å². The van der Waals surface area contributed by atoms with Gasteiger partial charge in [0.1, 0.15) is 0 Å². The van der Waals surface area contributed by atoms with Crippen LogP contribution in [0.1, 0.15) is 31.7 Å². The van der Waals surface area contributed by atoms with Crippen molar-refractivity contribution in [3.63, 3.8) is 0 Å². The van der Waals surface area contributed by atoms with Crippen molar-refractivity contribution in [2.24, 2.45) is 10.7 Å². The number of nitrogens with one attached hydrogen (secondary N) is 1. The van der Waals surface area contributed by atoms with Crippen molar-refractivity contribution in [3.8, 4) is 0 Å². The Kier molecular flexibility index (Phi) is 5.72. The van der Waals surface area contributed by atoms with Gasteiger partial charge in [-0.15, -0.1) is 24.0 Å². The van der Waals surface area contributed by atoms with Gasteiger partial charge in [0.25, 0.3) is 0 Å². The summed E-state index contributed by atoms with van der Waals surface area (Å²) in [5, 5.41) is 3.88. The van der Waals surface area contributed by atoms with Gasteiger partial charge in [-0.25, -0.2) is 4.99 Å². The molecule has 1 saturated carbocycles. The molecule has 2 rings (SSSR count). The molecule has 1 aromatic carbocycles. The Bertz CT molecular complexity index is 434. The van der Waals surface area contributed by atoms with Gasteiger partial charge >= 0.3 is 0 Å². The summed E-state index contributed by atoms with van der Waals surface area (Å²) in [6.45, 7) is 4.09. The summed E-state index contributed by atoms with van der Waals surface area (Å²) in [6.07, 6.45) is 1.06. The number of benzene rings is 1. The third kappa shape index (κ3) is 4.31. The van der Waals surface area contributed by atoms with E-state index in [1.807, 2.05) is 32.0 Å². The molecule has 18 heavy (non-hydrogen) atoms. The Morgan fingerprint density at radius 3 is 2.83 bits per heavy atom. The highest BCUT2D eigenvalue weighted by Gasteiger charge is 2.38. The van der Waals surface area contributed by atoms with Gasteiger partial charge in [0.15, 0.2) is 5.96 Å². The van der Waals surface area contributed by atoms with Gasteiger partial charge in [0, 0.05) is 17.0 Å². The zero-order valence-corrected chi connectivity index (χ0v) is 13.6. The van der Waals surface area contributed by atoms with Gasteiger partial charge in [0.05, 0.1) is 6.04 Å². The second-order valence-corrected chi connectivity index (χ2v) is 5.21. The second-order valence-electron chi connectivity index (χ2n) is 4.78. The summed E-state index contributed by atoms with van der Waals surface area (Å²) in [4.78, 5) is 4.46. The van der Waals surface area contributed by atoms with Gasteiger partial charge in [-0.1, -0.05) is 23.7 Å². The molecule has 3 N–H and O–H groups in total. The molecule has 0 aliphatic heterocycles. The van der Waals surface area contributed by atoms with Gasteiger partial charge in [-0.2, -0.15) is 0 Å². The Labute approximate surface area is 130 Å². The molecular weight excluding hydrogens is 361 g/mol. The van der Waals surface area contributed by atoms with Crippen LogP contribution in [0.5, 0.6) is 0 Å². The predicted molar refractivity (Wildman–Crippen MR) is 87.9 cm³/mol. The van der Waals surface area contributed by atoms with E-state index in [2.05, 4.69) is 16.4 Å². The van der Waals surface area contributed by atoms with Crippen LogP contribution in [0.2, 0.25) is 5.02 Å². The van der Waals surface area contributed by atoms with Gasteiger partial charge in [0.2, 0.25) is 0 Å². The average Bonchev–Trinajstić information content (AvgIpc) is 2.95. The molecule has 5 heteroatoms. The monoisotopic (exact) mass is 379 g/mol. The first-order chi connectivity index (χ1) is 8.06. The number of guanidine groups is 1. The first-order valence-electron chi connectivity index (χ1n) is 5.91. The first-order valence-corrected chi connectivity index (χ1v) is 6.29. The molecule has 1 fully saturated rings. The first kappa shape index (κ1) is 15.6. The lowest BCUT2D eigenvalue weighted by molar-refractivity contribution is 0.722. The lowest BCUT2D eigenvalue weighted by Crippen LogP contribution is -2.37. The fourth-order valence-corrected chi connectivity index (χ4v) is 2.13. The van der Waals surface area contributed by atoms with Crippen molar-refractivity contribution >= 4 is 41.5 Å². The Morgan fingerprint density at radius 1 is 1.50 bits per heavy atom. The average molecular weight is 380 g/mol. The number of aliphatic imine (C=N–C) groups is 1. The highest BCUT2D eigenvalue weighted by atomic mass is 127. The van der Waals surface area contributed by atoms with E-state index in [9.17, 15) is 0 Å². The predicted octanol–water partition coefficient (Wildman–Crippen LogP) is 3.13. The molecule has 0 amide bonds. The third-order valence-electron chi connectivity index (χ3n) is 2.78. The van der Waals surface area contributed by atoms with Gasteiger partial charge in [-0.05, 0) is 38.0 Å². The van der Waals surface area contributed by atoms with Gasteiger partial charge < -0.3 is 11.1 Å². The molecule has 1 aliphatic rings. The van der Waals surface area contributed by atoms with E-state index in [-0.39, 0.29) is 24.0 Å². The SMILES string of the molecule is CC(C)NC(N)=NC1CC1c1cccc(Cl)c1.I. The summed E-state index contributed by atoms with van der Waals surface area (Å²) < 4.78 is 0. The summed E-state index contributed by atoms with van der Waals surface area (Å²) >= 11 is 5.97. The minimum atomic E-state index is 0. The number of nitrogens with zero attached hydrogens (tertiary/aromatic N) is 1. The molecule has 0 radical (unpaired) electrons. The molecule has 1 aliphatic carbocycles. The molecule has 1 aromatic rings. The van der Waals surface area contributed by atoms with Crippen molar-refractivity contribution in [2.45, 2.75) is 38.3 Å². The van der Waals surface area contributed by atoms with E-state index in [0.717, 1.165) is 11.4 Å². The molecule has 0 heterocycles. The van der Waals surface area contributed by atoms with Crippen molar-refractivity contribution < 1.29 is 0 Å². The number of rotatable bonds is 3. The number of nitrogens with two attached hydrogens (primary N) is 1. The molecule has 0 spiro atoms. The minimum absolute atomic E-state index is 0. The smallest absolute Gasteiger partial charge is 0.189 e. The summed E-state index contributed by atoms with van der Waals surface area (Å²) in [5.41, 5.74) is 7.05. The maximum Gasteiger partial charge on any atom is 0.189 e. The van der Waals surface area contributed by atoms with Crippen LogP contribution in [0.4, 0.5) is 0 Å². The largest absolute Gasteiger partial charge is 0.370 e. The van der Waals surface area contributed by atoms with Crippen molar-refractivity contribution in [2.75, 3.05) is 0 Å². The molecule has 0 aromatic heterocycles. The molecular formula is C13H19ClIN3. The van der Waals surface area contributed by atoms with Crippen molar-refractivity contribution in [3.05, 3.63) is 34.9 Å². The van der Waals surface area contributed by atoms with Crippen LogP contribution >= 0.6 is 35.6 Å². The Hall–Kier alpha value is -0.490. The maximum absolute atomic E-state index is 5.97. The van der Waals surface area contributed by atoms with Crippen LogP contribution in [0.15, 0.2) is 29.3 Å². The lowest BCUT2D eigenvalue weighted by Gasteiger charge is -2.08. The van der Waals surface area contributed by atoms with Crippen molar-refractivity contribution in [1.29, 1.82) is 0 Å². The van der Waals surface area contributed by atoms with E-state index in [4.69, 9.17) is 17.3 Å². The van der Waals surface area contributed by atoms with Crippen LogP contribution in [-0.4, -0.2) is 18.0 Å². The van der Waals surface area contributed by atoms with E-state index < -0.39 is 0 Å². The maximum atomic E-state index is 5.97. The molecule has 3 nitrogen and oxygen atoms in total. The molecule has 0 saturated heterocycles. The molecule has 100 valence electrons. The van der Waals surface area contributed by atoms with E-state index in [1.165, 1.54) is 5.56 Å². The summed E-state index contributed by atoms with van der Waals surface area (Å²) in [7, 11) is 0. The fraction of sp³-hybridized carbons (Fsp3) is 0.462. The third-order valence-corrected chi connectivity index (χ3v) is 3.01.